The summed E-state index contributed by atoms with van der Waals surface area (Å²) in [4.78, 5) is 0. The third kappa shape index (κ3) is 6.39. The molecule has 0 aromatic carbocycles. The molecule has 0 bridgehead atoms. The van der Waals surface area contributed by atoms with Gasteiger partial charge in [-0.2, -0.15) is 0 Å². The molecular weight excluding hydrogens is 436 g/mol. The molecule has 0 amide bonds. The molecule has 200 valence electrons. The van der Waals surface area contributed by atoms with Crippen LogP contribution in [0.3, 0.4) is 0 Å². The fourth-order valence-electron chi connectivity index (χ4n) is 6.69. The zero-order valence-corrected chi connectivity index (χ0v) is 23.2. The van der Waals surface area contributed by atoms with Gasteiger partial charge in [0.15, 0.2) is 0 Å². The van der Waals surface area contributed by atoms with E-state index in [1.807, 2.05) is 13.8 Å². The van der Waals surface area contributed by atoms with Crippen LogP contribution in [0.5, 0.6) is 0 Å². The van der Waals surface area contributed by atoms with Crippen LogP contribution in [0.4, 0.5) is 0 Å². The number of hydrogen-bond acceptors (Lipinski definition) is 4. The quantitative estimate of drug-likeness (QED) is 0.221. The van der Waals surface area contributed by atoms with Gasteiger partial charge in [0.25, 0.3) is 0 Å². The van der Waals surface area contributed by atoms with Crippen LogP contribution in [0.1, 0.15) is 92.9 Å². The lowest BCUT2D eigenvalue weighted by molar-refractivity contribution is -0.146. The lowest BCUT2D eigenvalue weighted by atomic mass is 9.53. The Balaban J connectivity index is 2.27. The summed E-state index contributed by atoms with van der Waals surface area (Å²) in [5.74, 6) is 0.965. The topological polar surface area (TPSA) is 80.9 Å². The Hall–Kier alpha value is -1.20. The SMILES string of the molecule is C=C1CC[C@H](C)C(C)(C)[C@@H]1/C=C/C(C)=C/CC[C@@]1(CO)[C@H](CCCO)/C(=C(\C)CO)CC[C@]1(C)O. The number of aliphatic hydroxyl groups is 4. The Kier molecular flexibility index (Phi) is 10.6. The first kappa shape index (κ1) is 30.0. The van der Waals surface area contributed by atoms with Crippen molar-refractivity contribution in [3.8, 4) is 0 Å². The summed E-state index contributed by atoms with van der Waals surface area (Å²) in [6.45, 7) is 17.3. The van der Waals surface area contributed by atoms with Gasteiger partial charge in [-0.25, -0.2) is 0 Å². The fourth-order valence-corrected chi connectivity index (χ4v) is 6.69. The molecule has 2 fully saturated rings. The smallest absolute Gasteiger partial charge is 0.0706 e. The molecule has 35 heavy (non-hydrogen) atoms. The van der Waals surface area contributed by atoms with Crippen LogP contribution in [0, 0.1) is 28.6 Å². The Morgan fingerprint density at radius 3 is 2.40 bits per heavy atom. The summed E-state index contributed by atoms with van der Waals surface area (Å²) in [7, 11) is 0. The molecule has 2 saturated carbocycles. The van der Waals surface area contributed by atoms with Gasteiger partial charge < -0.3 is 20.4 Å². The van der Waals surface area contributed by atoms with Gasteiger partial charge in [-0.3, -0.25) is 0 Å². The lowest BCUT2D eigenvalue weighted by Crippen LogP contribution is -2.56. The molecule has 0 radical (unpaired) electrons. The van der Waals surface area contributed by atoms with E-state index in [2.05, 4.69) is 52.5 Å². The van der Waals surface area contributed by atoms with Gasteiger partial charge in [-0.05, 0) is 95.0 Å². The minimum atomic E-state index is -1.02. The van der Waals surface area contributed by atoms with Gasteiger partial charge >= 0.3 is 0 Å². The van der Waals surface area contributed by atoms with Crippen molar-refractivity contribution in [3.05, 3.63) is 47.1 Å². The first-order valence-corrected chi connectivity index (χ1v) is 13.6. The van der Waals surface area contributed by atoms with E-state index in [0.29, 0.717) is 43.9 Å². The molecule has 0 saturated heterocycles. The Bertz CT molecular complexity index is 816. The van der Waals surface area contributed by atoms with Crippen molar-refractivity contribution in [2.75, 3.05) is 19.8 Å². The summed E-state index contributed by atoms with van der Waals surface area (Å²) in [5.41, 5.74) is 3.06. The molecule has 4 heteroatoms. The third-order valence-corrected chi connectivity index (χ3v) is 9.78. The van der Waals surface area contributed by atoms with E-state index in [1.54, 1.807) is 0 Å². The first-order chi connectivity index (χ1) is 16.4. The van der Waals surface area contributed by atoms with Crippen LogP contribution in [0.2, 0.25) is 0 Å². The van der Waals surface area contributed by atoms with Crippen LogP contribution in [0.25, 0.3) is 0 Å². The van der Waals surface area contributed by atoms with Crippen LogP contribution in [0.15, 0.2) is 47.1 Å². The minimum absolute atomic E-state index is 0.0140. The molecule has 2 aliphatic rings. The molecule has 0 aliphatic heterocycles. The number of aliphatic hydroxyl groups excluding tert-OH is 3. The maximum Gasteiger partial charge on any atom is 0.0706 e. The summed E-state index contributed by atoms with van der Waals surface area (Å²) < 4.78 is 0. The van der Waals surface area contributed by atoms with Gasteiger partial charge in [-0.15, -0.1) is 0 Å². The predicted molar refractivity (Wildman–Crippen MR) is 146 cm³/mol. The second-order valence-electron chi connectivity index (χ2n) is 12.2. The maximum atomic E-state index is 11.5. The fraction of sp³-hybridized carbons (Fsp3) is 0.742. The van der Waals surface area contributed by atoms with Crippen molar-refractivity contribution in [1.82, 2.24) is 0 Å². The number of allylic oxidation sites excluding steroid dienone is 6. The normalized spacial score (nSPS) is 35.5. The van der Waals surface area contributed by atoms with Crippen molar-refractivity contribution in [2.24, 2.45) is 28.6 Å². The van der Waals surface area contributed by atoms with Gasteiger partial charge in [0.1, 0.15) is 0 Å². The van der Waals surface area contributed by atoms with Crippen molar-refractivity contribution in [3.63, 3.8) is 0 Å². The van der Waals surface area contributed by atoms with Crippen LogP contribution in [-0.4, -0.2) is 45.8 Å². The van der Waals surface area contributed by atoms with Gasteiger partial charge in [-0.1, -0.05) is 62.3 Å². The highest BCUT2D eigenvalue weighted by molar-refractivity contribution is 5.27. The molecule has 0 aromatic rings. The number of rotatable bonds is 10. The van der Waals surface area contributed by atoms with Crippen molar-refractivity contribution >= 4 is 0 Å². The standard InChI is InChI=1S/C31H52O4/c1-22(12-15-27-23(2)13-14-25(4)29(27,5)6)10-8-17-31(21-34)28(11-9-19-32)26(24(3)20-33)16-18-30(31,7)35/h10,12,15,25,27-28,32-35H,2,8-9,11,13-14,16-21H2,1,3-7H3/b15-12+,22-10+,26-24+/t25-,27+,28+,30-,31+/m0/s1. The second kappa shape index (κ2) is 12.4. The average Bonchev–Trinajstić information content (AvgIpc) is 2.80. The first-order valence-electron chi connectivity index (χ1n) is 13.6. The third-order valence-electron chi connectivity index (χ3n) is 9.78. The highest BCUT2D eigenvalue weighted by atomic mass is 16.3. The van der Waals surface area contributed by atoms with E-state index < -0.39 is 11.0 Å². The van der Waals surface area contributed by atoms with E-state index in [1.165, 1.54) is 17.6 Å². The molecular formula is C31H52O4. The molecule has 5 atom stereocenters. The Labute approximate surface area is 214 Å². The van der Waals surface area contributed by atoms with Crippen LogP contribution in [-0.2, 0) is 0 Å². The number of hydrogen-bond donors (Lipinski definition) is 4. The summed E-state index contributed by atoms with van der Waals surface area (Å²) in [6, 6.07) is 0. The zero-order valence-electron chi connectivity index (χ0n) is 23.2. The van der Waals surface area contributed by atoms with Gasteiger partial charge in [0, 0.05) is 17.9 Å². The van der Waals surface area contributed by atoms with Crippen LogP contribution < -0.4 is 0 Å². The Morgan fingerprint density at radius 2 is 1.80 bits per heavy atom. The molecule has 4 N–H and O–H groups in total. The average molecular weight is 489 g/mol. The molecule has 2 rings (SSSR count). The van der Waals surface area contributed by atoms with Crippen LogP contribution >= 0.6 is 0 Å². The summed E-state index contributed by atoms with van der Waals surface area (Å²) >= 11 is 0. The molecule has 0 spiro atoms. The Morgan fingerprint density at radius 1 is 1.11 bits per heavy atom. The van der Waals surface area contributed by atoms with Gasteiger partial charge in [0.05, 0.1) is 18.8 Å². The van der Waals surface area contributed by atoms with E-state index in [0.717, 1.165) is 24.0 Å². The van der Waals surface area contributed by atoms with E-state index in [-0.39, 0.29) is 31.2 Å². The summed E-state index contributed by atoms with van der Waals surface area (Å²) in [6.07, 6.45) is 13.0. The largest absolute Gasteiger partial charge is 0.396 e. The van der Waals surface area contributed by atoms with Crippen molar-refractivity contribution in [2.45, 2.75) is 98.5 Å². The lowest BCUT2D eigenvalue weighted by Gasteiger charge is -2.54. The van der Waals surface area contributed by atoms with E-state index in [4.69, 9.17) is 0 Å². The molecule has 2 aliphatic carbocycles. The van der Waals surface area contributed by atoms with E-state index in [9.17, 15) is 20.4 Å². The predicted octanol–water partition coefficient (Wildman–Crippen LogP) is 6.12. The van der Waals surface area contributed by atoms with Gasteiger partial charge in [0.2, 0.25) is 0 Å². The zero-order chi connectivity index (χ0) is 26.4. The van der Waals surface area contributed by atoms with Crippen molar-refractivity contribution < 1.29 is 20.4 Å². The van der Waals surface area contributed by atoms with E-state index >= 15 is 0 Å². The maximum absolute atomic E-state index is 11.5. The highest BCUT2D eigenvalue weighted by Gasteiger charge is 2.54. The second-order valence-corrected chi connectivity index (χ2v) is 12.2. The monoisotopic (exact) mass is 488 g/mol. The molecule has 0 aromatic heterocycles. The molecule has 4 nitrogen and oxygen atoms in total. The minimum Gasteiger partial charge on any atom is -0.396 e. The molecule has 0 unspecified atom stereocenters. The summed E-state index contributed by atoms with van der Waals surface area (Å²) in [5, 5.41) is 41.6. The highest BCUT2D eigenvalue weighted by Crippen LogP contribution is 2.55. The van der Waals surface area contributed by atoms with Crippen molar-refractivity contribution in [1.29, 1.82) is 0 Å². The molecule has 0 heterocycles.